The zero-order valence-electron chi connectivity index (χ0n) is 15.5. The van der Waals surface area contributed by atoms with Crippen molar-refractivity contribution in [1.29, 1.82) is 0 Å². The second kappa shape index (κ2) is 7.62. The molecule has 0 saturated carbocycles. The minimum Gasteiger partial charge on any atom is -0.294 e. The summed E-state index contributed by atoms with van der Waals surface area (Å²) < 4.78 is 0. The molecular weight excluding hydrogens is 364 g/mol. The third-order valence-electron chi connectivity index (χ3n) is 5.12. The van der Waals surface area contributed by atoms with Crippen LogP contribution in [0.25, 0.3) is 22.6 Å². The largest absolute Gasteiger partial charge is 0.294 e. The fraction of sp³-hybridized carbons (Fsp3) is 0.174. The Morgan fingerprint density at radius 1 is 0.964 bits per heavy atom. The summed E-state index contributed by atoms with van der Waals surface area (Å²) in [7, 11) is 0. The Labute approximate surface area is 168 Å². The Morgan fingerprint density at radius 3 is 2.75 bits per heavy atom. The molecular formula is C23H20N4S. The van der Waals surface area contributed by atoms with Crippen LogP contribution in [0.1, 0.15) is 16.8 Å². The molecule has 0 fully saturated rings. The summed E-state index contributed by atoms with van der Waals surface area (Å²) in [6.07, 6.45) is 4.83. The summed E-state index contributed by atoms with van der Waals surface area (Å²) in [5.74, 6) is 0.819. The number of hydrogen-bond donors (Lipinski definition) is 0. The van der Waals surface area contributed by atoms with E-state index in [1.165, 1.54) is 22.4 Å². The van der Waals surface area contributed by atoms with E-state index in [0.717, 1.165) is 43.1 Å². The van der Waals surface area contributed by atoms with Gasteiger partial charge in [0, 0.05) is 60.5 Å². The molecule has 0 unspecified atom stereocenters. The van der Waals surface area contributed by atoms with Crippen LogP contribution in [0.2, 0.25) is 0 Å². The number of rotatable bonds is 4. The van der Waals surface area contributed by atoms with E-state index in [4.69, 9.17) is 4.98 Å². The first-order valence-corrected chi connectivity index (χ1v) is 10.4. The Bertz CT molecular complexity index is 1080. The van der Waals surface area contributed by atoms with Crippen molar-refractivity contribution in [3.63, 3.8) is 0 Å². The maximum Gasteiger partial charge on any atom is 0.159 e. The van der Waals surface area contributed by atoms with Crippen LogP contribution in [0.4, 0.5) is 0 Å². The smallest absolute Gasteiger partial charge is 0.159 e. The Balaban J connectivity index is 1.36. The monoisotopic (exact) mass is 384 g/mol. The highest BCUT2D eigenvalue weighted by Crippen LogP contribution is 2.27. The van der Waals surface area contributed by atoms with Gasteiger partial charge in [-0.15, -0.1) is 0 Å². The van der Waals surface area contributed by atoms with E-state index in [0.29, 0.717) is 0 Å². The molecule has 0 atom stereocenters. The van der Waals surface area contributed by atoms with E-state index in [9.17, 15) is 0 Å². The van der Waals surface area contributed by atoms with E-state index in [-0.39, 0.29) is 0 Å². The normalized spacial score (nSPS) is 14.0. The zero-order chi connectivity index (χ0) is 18.8. The highest BCUT2D eigenvalue weighted by Gasteiger charge is 2.20. The molecule has 0 saturated heterocycles. The zero-order valence-corrected chi connectivity index (χ0v) is 16.3. The average molecular weight is 385 g/mol. The number of benzene rings is 1. The van der Waals surface area contributed by atoms with Gasteiger partial charge in [0.25, 0.3) is 0 Å². The van der Waals surface area contributed by atoms with Crippen LogP contribution in [0.5, 0.6) is 0 Å². The van der Waals surface area contributed by atoms with Crippen molar-refractivity contribution >= 4 is 11.3 Å². The van der Waals surface area contributed by atoms with Crippen molar-refractivity contribution in [2.75, 3.05) is 6.54 Å². The topological polar surface area (TPSA) is 41.9 Å². The molecule has 0 aliphatic carbocycles. The molecule has 3 aromatic heterocycles. The van der Waals surface area contributed by atoms with Crippen molar-refractivity contribution in [3.8, 4) is 22.6 Å². The molecule has 4 nitrogen and oxygen atoms in total. The van der Waals surface area contributed by atoms with Crippen LogP contribution in [0.15, 0.2) is 71.7 Å². The number of pyridine rings is 1. The Hall–Kier alpha value is -2.89. The van der Waals surface area contributed by atoms with E-state index >= 15 is 0 Å². The standard InChI is InChI=1S/C23H20N4S/c1-2-5-17(6-3-1)23-25-13-20-15-27(11-8-21(20)26-23)14-18-7-4-10-24-22(18)19-9-12-28-16-19/h1-7,9-10,12-13,16H,8,11,14-15H2. The Kier molecular flexibility index (Phi) is 4.69. The molecule has 5 rings (SSSR count). The van der Waals surface area contributed by atoms with Crippen molar-refractivity contribution in [2.24, 2.45) is 0 Å². The lowest BCUT2D eigenvalue weighted by Crippen LogP contribution is -2.31. The highest BCUT2D eigenvalue weighted by atomic mass is 32.1. The fourth-order valence-electron chi connectivity index (χ4n) is 3.70. The van der Waals surface area contributed by atoms with Crippen molar-refractivity contribution < 1.29 is 0 Å². The second-order valence-electron chi connectivity index (χ2n) is 7.02. The van der Waals surface area contributed by atoms with Gasteiger partial charge in [0.2, 0.25) is 0 Å². The van der Waals surface area contributed by atoms with Gasteiger partial charge in [0.05, 0.1) is 11.4 Å². The molecule has 1 aliphatic rings. The number of aromatic nitrogens is 3. The molecule has 4 aromatic rings. The fourth-order valence-corrected chi connectivity index (χ4v) is 4.34. The molecule has 5 heteroatoms. The van der Waals surface area contributed by atoms with Crippen LogP contribution >= 0.6 is 11.3 Å². The van der Waals surface area contributed by atoms with E-state index < -0.39 is 0 Å². The first-order valence-electron chi connectivity index (χ1n) is 9.46. The third-order valence-corrected chi connectivity index (χ3v) is 5.81. The first-order chi connectivity index (χ1) is 13.9. The second-order valence-corrected chi connectivity index (χ2v) is 7.80. The molecule has 0 N–H and O–H groups in total. The lowest BCUT2D eigenvalue weighted by Gasteiger charge is -2.28. The lowest BCUT2D eigenvalue weighted by atomic mass is 10.0. The van der Waals surface area contributed by atoms with Gasteiger partial charge in [0.15, 0.2) is 5.82 Å². The lowest BCUT2D eigenvalue weighted by molar-refractivity contribution is 0.243. The molecule has 0 bridgehead atoms. The van der Waals surface area contributed by atoms with Crippen molar-refractivity contribution in [1.82, 2.24) is 19.9 Å². The average Bonchev–Trinajstić information content (AvgIpc) is 3.29. The van der Waals surface area contributed by atoms with Crippen LogP contribution < -0.4 is 0 Å². The van der Waals surface area contributed by atoms with Crippen molar-refractivity contribution in [3.05, 3.63) is 88.5 Å². The summed E-state index contributed by atoms with van der Waals surface area (Å²) >= 11 is 1.71. The van der Waals surface area contributed by atoms with E-state index in [1.807, 2.05) is 36.7 Å². The number of hydrogen-bond acceptors (Lipinski definition) is 5. The van der Waals surface area contributed by atoms with E-state index in [2.05, 4.69) is 49.9 Å². The van der Waals surface area contributed by atoms with Gasteiger partial charge in [-0.05, 0) is 23.1 Å². The van der Waals surface area contributed by atoms with Gasteiger partial charge < -0.3 is 0 Å². The van der Waals surface area contributed by atoms with Crippen molar-refractivity contribution in [2.45, 2.75) is 19.5 Å². The van der Waals surface area contributed by atoms with Crippen LogP contribution in [0.3, 0.4) is 0 Å². The van der Waals surface area contributed by atoms with Crippen LogP contribution in [-0.2, 0) is 19.5 Å². The summed E-state index contributed by atoms with van der Waals surface area (Å²) in [5.41, 5.74) is 7.04. The molecule has 1 aliphatic heterocycles. The van der Waals surface area contributed by atoms with Gasteiger partial charge in [-0.3, -0.25) is 9.88 Å². The maximum atomic E-state index is 4.83. The third kappa shape index (κ3) is 3.46. The Morgan fingerprint density at radius 2 is 1.89 bits per heavy atom. The van der Waals surface area contributed by atoms with Gasteiger partial charge in [-0.25, -0.2) is 9.97 Å². The predicted molar refractivity (Wildman–Crippen MR) is 113 cm³/mol. The molecule has 0 radical (unpaired) electrons. The summed E-state index contributed by atoms with van der Waals surface area (Å²) in [6, 6.07) is 16.5. The van der Waals surface area contributed by atoms with Gasteiger partial charge in [-0.2, -0.15) is 11.3 Å². The minimum atomic E-state index is 0.819. The molecule has 4 heterocycles. The maximum absolute atomic E-state index is 4.83. The van der Waals surface area contributed by atoms with Crippen LogP contribution in [-0.4, -0.2) is 26.4 Å². The highest BCUT2D eigenvalue weighted by molar-refractivity contribution is 7.08. The van der Waals surface area contributed by atoms with Gasteiger partial charge in [-0.1, -0.05) is 36.4 Å². The summed E-state index contributed by atoms with van der Waals surface area (Å²) in [5, 5.41) is 4.27. The number of thiophene rings is 1. The first kappa shape index (κ1) is 17.2. The quantitative estimate of drug-likeness (QED) is 0.506. The molecule has 28 heavy (non-hydrogen) atoms. The van der Waals surface area contributed by atoms with Gasteiger partial charge >= 0.3 is 0 Å². The number of fused-ring (bicyclic) bond motifs is 1. The molecule has 1 aromatic carbocycles. The van der Waals surface area contributed by atoms with Crippen LogP contribution in [0, 0.1) is 0 Å². The molecule has 0 amide bonds. The minimum absolute atomic E-state index is 0.819. The number of nitrogens with zero attached hydrogens (tertiary/aromatic N) is 4. The molecule has 0 spiro atoms. The van der Waals surface area contributed by atoms with E-state index in [1.54, 1.807) is 11.3 Å². The summed E-state index contributed by atoms with van der Waals surface area (Å²) in [6.45, 7) is 2.76. The predicted octanol–water partition coefficient (Wildman–Crippen LogP) is 4.83. The summed E-state index contributed by atoms with van der Waals surface area (Å²) in [4.78, 5) is 16.5. The van der Waals surface area contributed by atoms with Gasteiger partial charge in [0.1, 0.15) is 0 Å². The SMILES string of the molecule is c1ccc(-c2ncc3c(n2)CCN(Cc2cccnc2-c2ccsc2)C3)cc1. The molecule has 138 valence electrons.